The zero-order valence-corrected chi connectivity index (χ0v) is 13.7. The van der Waals surface area contributed by atoms with Gasteiger partial charge in [-0.1, -0.05) is 30.3 Å². The number of nitrogens with zero attached hydrogens (tertiary/aromatic N) is 1. The molecule has 0 fully saturated rings. The van der Waals surface area contributed by atoms with Crippen molar-refractivity contribution in [2.75, 3.05) is 39.5 Å². The van der Waals surface area contributed by atoms with Gasteiger partial charge in [-0.15, -0.1) is 0 Å². The van der Waals surface area contributed by atoms with Crippen molar-refractivity contribution in [2.45, 2.75) is 5.92 Å². The molecule has 1 atom stereocenters. The Morgan fingerprint density at radius 3 is 2.45 bits per heavy atom. The second kappa shape index (κ2) is 9.39. The summed E-state index contributed by atoms with van der Waals surface area (Å²) in [6, 6.07) is 9.73. The van der Waals surface area contributed by atoms with Crippen molar-refractivity contribution in [1.82, 2.24) is 15.4 Å². The molecule has 0 saturated heterocycles. The summed E-state index contributed by atoms with van der Waals surface area (Å²) in [5, 5.41) is 15.6. The van der Waals surface area contributed by atoms with Gasteiger partial charge in [0.05, 0.1) is 12.9 Å². The molecule has 8 heteroatoms. The Morgan fingerprint density at radius 1 is 1.23 bits per heavy atom. The van der Waals surface area contributed by atoms with Crippen molar-refractivity contribution in [3.05, 3.63) is 35.9 Å². The fourth-order valence-electron chi connectivity index (χ4n) is 1.87. The number of aliphatic hydroxyl groups is 1. The maximum absolute atomic E-state index is 10.9. The van der Waals surface area contributed by atoms with Gasteiger partial charge in [0.1, 0.15) is 0 Å². The highest BCUT2D eigenvalue weighted by atomic mass is 32.2. The number of guanidine groups is 1. The second-order valence-corrected chi connectivity index (χ2v) is 6.67. The average Bonchev–Trinajstić information content (AvgIpc) is 2.50. The summed E-state index contributed by atoms with van der Waals surface area (Å²) in [4.78, 5) is 4.06. The number of sulfonamides is 1. The Labute approximate surface area is 131 Å². The van der Waals surface area contributed by atoms with Crippen molar-refractivity contribution in [3.63, 3.8) is 0 Å². The Hall–Kier alpha value is -1.64. The van der Waals surface area contributed by atoms with Crippen LogP contribution in [0.2, 0.25) is 0 Å². The smallest absolute Gasteiger partial charge is 0.208 e. The van der Waals surface area contributed by atoms with E-state index in [1.54, 1.807) is 7.05 Å². The van der Waals surface area contributed by atoms with Gasteiger partial charge in [-0.2, -0.15) is 0 Å². The fraction of sp³-hybridized carbons (Fsp3) is 0.500. The summed E-state index contributed by atoms with van der Waals surface area (Å²) in [7, 11) is -1.54. The van der Waals surface area contributed by atoms with E-state index in [2.05, 4.69) is 20.3 Å². The van der Waals surface area contributed by atoms with Crippen molar-refractivity contribution < 1.29 is 13.5 Å². The third-order valence-corrected chi connectivity index (χ3v) is 3.74. The van der Waals surface area contributed by atoms with E-state index in [-0.39, 0.29) is 19.1 Å². The minimum atomic E-state index is -3.18. The molecule has 1 rings (SSSR count). The predicted molar refractivity (Wildman–Crippen MR) is 88.5 cm³/mol. The molecule has 0 aliphatic carbocycles. The summed E-state index contributed by atoms with van der Waals surface area (Å²) in [6.45, 7) is 1.26. The molecule has 0 amide bonds. The molecule has 0 heterocycles. The highest BCUT2D eigenvalue weighted by Crippen LogP contribution is 2.13. The van der Waals surface area contributed by atoms with E-state index in [1.807, 2.05) is 30.3 Å². The van der Waals surface area contributed by atoms with Gasteiger partial charge in [0, 0.05) is 32.6 Å². The van der Waals surface area contributed by atoms with Crippen LogP contribution in [0.4, 0.5) is 0 Å². The zero-order valence-electron chi connectivity index (χ0n) is 12.9. The second-order valence-electron chi connectivity index (χ2n) is 4.84. The van der Waals surface area contributed by atoms with Crippen molar-refractivity contribution >= 4 is 16.0 Å². The quantitative estimate of drug-likeness (QED) is 0.292. The van der Waals surface area contributed by atoms with Gasteiger partial charge < -0.3 is 15.7 Å². The molecular weight excluding hydrogens is 304 g/mol. The van der Waals surface area contributed by atoms with Crippen LogP contribution in [0, 0.1) is 0 Å². The van der Waals surface area contributed by atoms with Crippen LogP contribution in [-0.4, -0.2) is 59.0 Å². The highest BCUT2D eigenvalue weighted by molar-refractivity contribution is 7.88. The summed E-state index contributed by atoms with van der Waals surface area (Å²) in [6.07, 6.45) is 1.12. The van der Waals surface area contributed by atoms with Gasteiger partial charge in [0.15, 0.2) is 5.96 Å². The van der Waals surface area contributed by atoms with Crippen LogP contribution in [0.5, 0.6) is 0 Å². The van der Waals surface area contributed by atoms with Gasteiger partial charge in [0.2, 0.25) is 10.0 Å². The first kappa shape index (κ1) is 18.4. The van der Waals surface area contributed by atoms with E-state index in [9.17, 15) is 13.5 Å². The molecule has 7 nitrogen and oxygen atoms in total. The highest BCUT2D eigenvalue weighted by Gasteiger charge is 2.10. The molecule has 1 aromatic rings. The van der Waals surface area contributed by atoms with Crippen LogP contribution in [0.25, 0.3) is 0 Å². The molecule has 0 bridgehead atoms. The number of hydrogen-bond donors (Lipinski definition) is 4. The maximum Gasteiger partial charge on any atom is 0.208 e. The van der Waals surface area contributed by atoms with E-state index < -0.39 is 10.0 Å². The summed E-state index contributed by atoms with van der Waals surface area (Å²) in [5.41, 5.74) is 1.05. The lowest BCUT2D eigenvalue weighted by atomic mass is 10.0. The average molecular weight is 328 g/mol. The van der Waals surface area contributed by atoms with Gasteiger partial charge in [-0.05, 0) is 5.56 Å². The zero-order chi connectivity index (χ0) is 16.4. The maximum atomic E-state index is 10.9. The van der Waals surface area contributed by atoms with Crippen molar-refractivity contribution in [1.29, 1.82) is 0 Å². The first-order valence-corrected chi connectivity index (χ1v) is 8.90. The normalized spacial score (nSPS) is 13.7. The first-order valence-electron chi connectivity index (χ1n) is 7.01. The van der Waals surface area contributed by atoms with Crippen LogP contribution in [-0.2, 0) is 10.0 Å². The molecule has 1 aromatic carbocycles. The van der Waals surface area contributed by atoms with Gasteiger partial charge >= 0.3 is 0 Å². The molecule has 124 valence electrons. The third-order valence-electron chi connectivity index (χ3n) is 3.01. The topological polar surface area (TPSA) is 103 Å². The van der Waals surface area contributed by atoms with Crippen LogP contribution in [0.15, 0.2) is 35.3 Å². The fourth-order valence-corrected chi connectivity index (χ4v) is 2.34. The summed E-state index contributed by atoms with van der Waals surface area (Å²) in [5.74, 6) is 0.526. The largest absolute Gasteiger partial charge is 0.396 e. The number of aliphatic hydroxyl groups excluding tert-OH is 1. The molecule has 0 aliphatic rings. The first-order chi connectivity index (χ1) is 10.5. The van der Waals surface area contributed by atoms with Crippen LogP contribution >= 0.6 is 0 Å². The van der Waals surface area contributed by atoms with Crippen molar-refractivity contribution in [2.24, 2.45) is 4.99 Å². The van der Waals surface area contributed by atoms with E-state index in [0.717, 1.165) is 11.8 Å². The van der Waals surface area contributed by atoms with Gasteiger partial charge in [-0.25, -0.2) is 13.1 Å². The molecule has 0 saturated carbocycles. The van der Waals surface area contributed by atoms with E-state index in [0.29, 0.717) is 19.0 Å². The van der Waals surface area contributed by atoms with E-state index in [1.165, 1.54) is 0 Å². The Bertz CT molecular complexity index is 561. The minimum absolute atomic E-state index is 0.0314. The number of rotatable bonds is 8. The molecule has 0 aliphatic heterocycles. The van der Waals surface area contributed by atoms with E-state index >= 15 is 0 Å². The standard InChI is InChI=1S/C14H24N4O3S/c1-15-14(16-8-9-18-22(2,20)21)17-10-13(11-19)12-6-4-3-5-7-12/h3-7,13,18-19H,8-11H2,1-2H3,(H2,15,16,17). The van der Waals surface area contributed by atoms with Gasteiger partial charge in [-0.3, -0.25) is 4.99 Å². The van der Waals surface area contributed by atoms with Crippen molar-refractivity contribution in [3.8, 4) is 0 Å². The lowest BCUT2D eigenvalue weighted by Crippen LogP contribution is -2.43. The third kappa shape index (κ3) is 7.39. The monoisotopic (exact) mass is 328 g/mol. The minimum Gasteiger partial charge on any atom is -0.396 e. The lowest BCUT2D eigenvalue weighted by Gasteiger charge is -2.18. The molecular formula is C14H24N4O3S. The van der Waals surface area contributed by atoms with Crippen LogP contribution in [0.3, 0.4) is 0 Å². The molecule has 1 unspecified atom stereocenters. The number of benzene rings is 1. The Kier molecular flexibility index (Phi) is 7.86. The summed E-state index contributed by atoms with van der Waals surface area (Å²) >= 11 is 0. The number of aliphatic imine (C=N–C) groups is 1. The molecule has 0 radical (unpaired) electrons. The molecule has 4 N–H and O–H groups in total. The van der Waals surface area contributed by atoms with E-state index in [4.69, 9.17) is 0 Å². The Morgan fingerprint density at radius 2 is 1.91 bits per heavy atom. The van der Waals surface area contributed by atoms with Crippen LogP contribution < -0.4 is 15.4 Å². The predicted octanol–water partition coefficient (Wildman–Crippen LogP) is -0.523. The number of nitrogens with one attached hydrogen (secondary N) is 3. The van der Waals surface area contributed by atoms with Gasteiger partial charge in [0.25, 0.3) is 0 Å². The lowest BCUT2D eigenvalue weighted by molar-refractivity contribution is 0.265. The number of hydrogen-bond acceptors (Lipinski definition) is 4. The molecule has 0 aromatic heterocycles. The molecule has 0 spiro atoms. The van der Waals surface area contributed by atoms with Crippen LogP contribution in [0.1, 0.15) is 11.5 Å². The SMILES string of the molecule is CN=C(NCCNS(C)(=O)=O)NCC(CO)c1ccccc1. The Balaban J connectivity index is 2.40. The molecule has 22 heavy (non-hydrogen) atoms. The summed E-state index contributed by atoms with van der Waals surface area (Å²) < 4.78 is 24.3.